The summed E-state index contributed by atoms with van der Waals surface area (Å²) in [6.07, 6.45) is 4.00. The molecule has 4 aliphatic rings. The first-order chi connectivity index (χ1) is 13.1. The number of esters is 1. The molecule has 2 saturated carbocycles. The number of hydrogen-bond acceptors (Lipinski definition) is 5. The van der Waals surface area contributed by atoms with E-state index in [0.29, 0.717) is 35.9 Å². The molecule has 5 heteroatoms. The van der Waals surface area contributed by atoms with E-state index in [2.05, 4.69) is 27.7 Å². The zero-order valence-electron chi connectivity index (χ0n) is 17.1. The normalized spacial score (nSPS) is 37.9. The van der Waals surface area contributed by atoms with Gasteiger partial charge in [-0.05, 0) is 50.0 Å². The van der Waals surface area contributed by atoms with Gasteiger partial charge < -0.3 is 14.6 Å². The first-order valence-electron chi connectivity index (χ1n) is 10.3. The van der Waals surface area contributed by atoms with Gasteiger partial charge in [-0.3, -0.25) is 4.79 Å². The Morgan fingerprint density at radius 2 is 1.82 bits per heavy atom. The van der Waals surface area contributed by atoms with Crippen molar-refractivity contribution < 1.29 is 24.2 Å². The highest BCUT2D eigenvalue weighted by Gasteiger charge is 2.63. The number of carbonyl (C=O) groups excluding carboxylic acids is 2. The Kier molecular flexibility index (Phi) is 3.42. The fourth-order valence-corrected chi connectivity index (χ4v) is 6.91. The first-order valence-corrected chi connectivity index (χ1v) is 10.3. The Balaban J connectivity index is 1.63. The van der Waals surface area contributed by atoms with Crippen molar-refractivity contribution in [3.8, 4) is 11.5 Å². The number of fused-ring (bicyclic) bond motifs is 6. The van der Waals surface area contributed by atoms with E-state index in [1.807, 2.05) is 0 Å². The third-order valence-electron chi connectivity index (χ3n) is 8.51. The number of ether oxygens (including phenoxy) is 2. The van der Waals surface area contributed by atoms with Crippen LogP contribution < -0.4 is 4.74 Å². The molecule has 0 saturated heterocycles. The zero-order chi connectivity index (χ0) is 20.1. The van der Waals surface area contributed by atoms with Crippen LogP contribution in [0.3, 0.4) is 0 Å². The third-order valence-corrected chi connectivity index (χ3v) is 8.51. The quantitative estimate of drug-likeness (QED) is 0.680. The summed E-state index contributed by atoms with van der Waals surface area (Å²) in [4.78, 5) is 24.6. The van der Waals surface area contributed by atoms with Crippen LogP contribution in [0.4, 0.5) is 0 Å². The van der Waals surface area contributed by atoms with Gasteiger partial charge in [0.05, 0.1) is 5.56 Å². The highest BCUT2D eigenvalue weighted by molar-refractivity contribution is 5.95. The van der Waals surface area contributed by atoms with E-state index in [9.17, 15) is 14.7 Å². The van der Waals surface area contributed by atoms with Crippen molar-refractivity contribution >= 4 is 11.8 Å². The maximum Gasteiger partial charge on any atom is 0.339 e. The summed E-state index contributed by atoms with van der Waals surface area (Å²) >= 11 is 0. The standard InChI is InChI=1S/C23H28O5/c1-21(2)16-5-8-23(4)17(22(16,3)7-6-18(21)25)10-13-15(24)9-12-14(19(13)28-23)11-27-20(12)26/h9,16-17,24H,5-8,10-11H2,1-4H3. The zero-order valence-corrected chi connectivity index (χ0v) is 17.1. The fourth-order valence-electron chi connectivity index (χ4n) is 6.91. The number of Topliss-reactive ketones (excluding diaryl/α,β-unsaturated/α-hetero) is 1. The van der Waals surface area contributed by atoms with Crippen molar-refractivity contribution in [1.82, 2.24) is 0 Å². The van der Waals surface area contributed by atoms with Crippen molar-refractivity contribution in [3.05, 3.63) is 22.8 Å². The average Bonchev–Trinajstić information content (AvgIpc) is 2.98. The Hall–Kier alpha value is -2.04. The van der Waals surface area contributed by atoms with E-state index in [0.717, 1.165) is 30.4 Å². The van der Waals surface area contributed by atoms with E-state index in [1.54, 1.807) is 0 Å². The molecule has 0 amide bonds. The van der Waals surface area contributed by atoms with Gasteiger partial charge in [0, 0.05) is 28.9 Å². The summed E-state index contributed by atoms with van der Waals surface area (Å²) in [6, 6.07) is 1.53. The molecule has 0 radical (unpaired) electrons. The lowest BCUT2D eigenvalue weighted by Gasteiger charge is -2.62. The lowest BCUT2D eigenvalue weighted by atomic mass is 9.44. The van der Waals surface area contributed by atoms with E-state index >= 15 is 0 Å². The highest BCUT2D eigenvalue weighted by Crippen LogP contribution is 2.64. The number of cyclic esters (lactones) is 1. The summed E-state index contributed by atoms with van der Waals surface area (Å²) in [5.41, 5.74) is 1.25. The predicted molar refractivity (Wildman–Crippen MR) is 102 cm³/mol. The molecule has 2 aliphatic heterocycles. The topological polar surface area (TPSA) is 72.8 Å². The molecule has 1 aromatic rings. The molecule has 2 heterocycles. The Morgan fingerprint density at radius 3 is 2.57 bits per heavy atom. The van der Waals surface area contributed by atoms with Gasteiger partial charge in [0.2, 0.25) is 0 Å². The van der Waals surface area contributed by atoms with Crippen molar-refractivity contribution in [3.63, 3.8) is 0 Å². The molecule has 4 atom stereocenters. The van der Waals surface area contributed by atoms with Crippen molar-refractivity contribution in [2.75, 3.05) is 0 Å². The van der Waals surface area contributed by atoms with E-state index < -0.39 is 5.97 Å². The van der Waals surface area contributed by atoms with Gasteiger partial charge in [0.1, 0.15) is 29.5 Å². The second-order valence-corrected chi connectivity index (χ2v) is 10.2. The summed E-state index contributed by atoms with van der Waals surface area (Å²) in [7, 11) is 0. The van der Waals surface area contributed by atoms with Crippen LogP contribution >= 0.6 is 0 Å². The van der Waals surface area contributed by atoms with Crippen LogP contribution in [0.5, 0.6) is 11.5 Å². The number of phenols is 1. The molecule has 1 N–H and O–H groups in total. The fraction of sp³-hybridized carbons (Fsp3) is 0.652. The van der Waals surface area contributed by atoms with Gasteiger partial charge >= 0.3 is 5.97 Å². The van der Waals surface area contributed by atoms with Crippen LogP contribution in [0.1, 0.15) is 74.9 Å². The molecular weight excluding hydrogens is 356 g/mol. The monoisotopic (exact) mass is 384 g/mol. The molecule has 2 aliphatic carbocycles. The summed E-state index contributed by atoms with van der Waals surface area (Å²) < 4.78 is 11.8. The Morgan fingerprint density at radius 1 is 1.07 bits per heavy atom. The van der Waals surface area contributed by atoms with E-state index in [4.69, 9.17) is 9.47 Å². The number of phenolic OH excluding ortho intramolecular Hbond substituents is 1. The molecule has 150 valence electrons. The number of carbonyl (C=O) groups is 2. The van der Waals surface area contributed by atoms with Gasteiger partial charge in [0.15, 0.2) is 0 Å². The molecular formula is C23H28O5. The predicted octanol–water partition coefficient (Wildman–Crippen LogP) is 4.18. The Labute approximate surface area is 165 Å². The largest absolute Gasteiger partial charge is 0.508 e. The number of rotatable bonds is 0. The first kappa shape index (κ1) is 18.0. The summed E-state index contributed by atoms with van der Waals surface area (Å²) in [5.74, 6) is 1.25. The number of ketones is 1. The van der Waals surface area contributed by atoms with Crippen LogP contribution in [-0.4, -0.2) is 22.5 Å². The van der Waals surface area contributed by atoms with Gasteiger partial charge in [-0.15, -0.1) is 0 Å². The maximum atomic E-state index is 12.6. The molecule has 5 rings (SSSR count). The lowest BCUT2D eigenvalue weighted by molar-refractivity contribution is -0.174. The maximum absolute atomic E-state index is 12.6. The second-order valence-electron chi connectivity index (χ2n) is 10.2. The SMILES string of the molecule is CC12CCC3C(C)(C)C(=O)CCC3(C)C1Cc1c(O)cc3c(c1O2)COC3=O. The molecule has 0 spiro atoms. The molecule has 4 unspecified atom stereocenters. The van der Waals surface area contributed by atoms with Crippen LogP contribution in [-0.2, 0) is 22.6 Å². The van der Waals surface area contributed by atoms with Gasteiger partial charge in [-0.25, -0.2) is 4.79 Å². The molecule has 1 aromatic carbocycles. The lowest BCUT2D eigenvalue weighted by Crippen LogP contribution is -2.63. The minimum Gasteiger partial charge on any atom is -0.508 e. The molecule has 2 fully saturated rings. The molecule has 28 heavy (non-hydrogen) atoms. The van der Waals surface area contributed by atoms with Gasteiger partial charge in [-0.1, -0.05) is 20.8 Å². The number of benzene rings is 1. The van der Waals surface area contributed by atoms with Crippen LogP contribution in [0.15, 0.2) is 6.07 Å². The van der Waals surface area contributed by atoms with Crippen molar-refractivity contribution in [2.24, 2.45) is 22.7 Å². The second kappa shape index (κ2) is 5.31. The van der Waals surface area contributed by atoms with Gasteiger partial charge in [-0.2, -0.15) is 0 Å². The van der Waals surface area contributed by atoms with Crippen LogP contribution in [0, 0.1) is 22.7 Å². The van der Waals surface area contributed by atoms with Gasteiger partial charge in [0.25, 0.3) is 0 Å². The average molecular weight is 384 g/mol. The number of hydrogen-bond donors (Lipinski definition) is 1. The molecule has 0 bridgehead atoms. The molecule has 0 aromatic heterocycles. The minimum atomic E-state index is -0.396. The third kappa shape index (κ3) is 2.08. The van der Waals surface area contributed by atoms with E-state index in [1.165, 1.54) is 6.07 Å². The highest BCUT2D eigenvalue weighted by atomic mass is 16.5. The Bertz CT molecular complexity index is 916. The smallest absolute Gasteiger partial charge is 0.339 e. The van der Waals surface area contributed by atoms with Crippen LogP contribution in [0.25, 0.3) is 0 Å². The van der Waals surface area contributed by atoms with Crippen molar-refractivity contribution in [2.45, 2.75) is 72.0 Å². The summed E-state index contributed by atoms with van der Waals surface area (Å²) in [5, 5.41) is 10.7. The van der Waals surface area contributed by atoms with E-state index in [-0.39, 0.29) is 34.7 Å². The summed E-state index contributed by atoms with van der Waals surface area (Å²) in [6.45, 7) is 8.90. The van der Waals surface area contributed by atoms with Crippen LogP contribution in [0.2, 0.25) is 0 Å². The number of aromatic hydroxyl groups is 1. The molecule has 5 nitrogen and oxygen atoms in total. The van der Waals surface area contributed by atoms with Crippen molar-refractivity contribution in [1.29, 1.82) is 0 Å². The minimum absolute atomic E-state index is 0.0279.